The first-order valence-electron chi connectivity index (χ1n) is 6.58. The van der Waals surface area contributed by atoms with Crippen molar-refractivity contribution >= 4 is 0 Å². The maximum atomic E-state index is 9.26. The van der Waals surface area contributed by atoms with Gasteiger partial charge in [0.1, 0.15) is 0 Å². The Hall–Kier alpha value is -0.800. The van der Waals surface area contributed by atoms with Gasteiger partial charge in [-0.15, -0.1) is 0 Å². The number of nitrogens with zero attached hydrogens (tertiary/aromatic N) is 1. The molecule has 0 spiro atoms. The Kier molecular flexibility index (Phi) is 10.8. The van der Waals surface area contributed by atoms with Crippen molar-refractivity contribution in [2.45, 2.75) is 52.2 Å². The second-order valence-corrected chi connectivity index (χ2v) is 4.38. The van der Waals surface area contributed by atoms with Gasteiger partial charge >= 0.3 is 0 Å². The van der Waals surface area contributed by atoms with Crippen LogP contribution in [0, 0.1) is 0 Å². The fraction of sp³-hybridized carbons (Fsp3) is 0.643. The van der Waals surface area contributed by atoms with Crippen LogP contribution in [0.15, 0.2) is 24.5 Å². The van der Waals surface area contributed by atoms with Gasteiger partial charge in [0.15, 0.2) is 11.9 Å². The summed E-state index contributed by atoms with van der Waals surface area (Å²) in [6.07, 6.45) is 11.2. The molecule has 4 heteroatoms. The summed E-state index contributed by atoms with van der Waals surface area (Å²) in [5.41, 5.74) is 0. The molecule has 0 radical (unpaired) electrons. The zero-order valence-electron chi connectivity index (χ0n) is 11.1. The average molecular weight is 274 g/mol. The van der Waals surface area contributed by atoms with Crippen LogP contribution in [-0.2, 0) is 11.5 Å². The molecule has 0 amide bonds. The Morgan fingerprint density at radius 1 is 1.17 bits per heavy atom. The van der Waals surface area contributed by atoms with Crippen molar-refractivity contribution in [2.75, 3.05) is 6.61 Å². The average Bonchev–Trinajstić information content (AvgIpc) is 2.33. The molecule has 1 aromatic heterocycles. The van der Waals surface area contributed by atoms with Crippen molar-refractivity contribution in [3.8, 4) is 5.75 Å². The highest BCUT2D eigenvalue weighted by Gasteiger charge is 2.00. The molecule has 0 saturated carbocycles. The second-order valence-electron chi connectivity index (χ2n) is 4.38. The summed E-state index contributed by atoms with van der Waals surface area (Å²) in [6, 6.07) is 3.47. The van der Waals surface area contributed by atoms with E-state index in [2.05, 4.69) is 6.92 Å². The topological polar surface area (TPSA) is 33.3 Å². The number of pyridine rings is 1. The predicted octanol–water partition coefficient (Wildman–Crippen LogP) is 0.0183. The number of halogens is 1. The van der Waals surface area contributed by atoms with Gasteiger partial charge in [-0.1, -0.05) is 39.0 Å². The molecular formula is C14H24ClNO2. The lowest BCUT2D eigenvalue weighted by Gasteiger charge is -2.01. The quantitative estimate of drug-likeness (QED) is 0.508. The van der Waals surface area contributed by atoms with Gasteiger partial charge in [-0.3, -0.25) is 0 Å². The van der Waals surface area contributed by atoms with Gasteiger partial charge in [-0.2, -0.15) is 4.57 Å². The highest BCUT2D eigenvalue weighted by Crippen LogP contribution is 2.05. The molecule has 18 heavy (non-hydrogen) atoms. The Balaban J connectivity index is 0.00000289. The molecule has 1 heterocycles. The summed E-state index contributed by atoms with van der Waals surface area (Å²) in [6.45, 7) is 3.55. The molecular weight excluding hydrogens is 250 g/mol. The number of hydrogen-bond donors (Lipinski definition) is 1. The lowest BCUT2D eigenvalue weighted by atomic mass is 10.1. The van der Waals surface area contributed by atoms with E-state index < -0.39 is 0 Å². The van der Waals surface area contributed by atoms with E-state index in [4.69, 9.17) is 4.74 Å². The minimum absolute atomic E-state index is 0. The summed E-state index contributed by atoms with van der Waals surface area (Å²) in [7, 11) is 0. The molecule has 0 unspecified atom stereocenters. The van der Waals surface area contributed by atoms with E-state index in [9.17, 15) is 5.11 Å². The Morgan fingerprint density at radius 2 is 1.89 bits per heavy atom. The lowest BCUT2D eigenvalue weighted by Crippen LogP contribution is -3.00. The lowest BCUT2D eigenvalue weighted by molar-refractivity contribution is -0.733. The van der Waals surface area contributed by atoms with Gasteiger partial charge in [-0.05, 0) is 12.5 Å². The highest BCUT2D eigenvalue weighted by molar-refractivity contribution is 5.09. The first-order valence-corrected chi connectivity index (χ1v) is 6.58. The van der Waals surface area contributed by atoms with Gasteiger partial charge in [0.25, 0.3) is 6.73 Å². The molecule has 1 rings (SSSR count). The monoisotopic (exact) mass is 273 g/mol. The third-order valence-electron chi connectivity index (χ3n) is 2.73. The first-order chi connectivity index (χ1) is 8.33. The Labute approximate surface area is 116 Å². The third-order valence-corrected chi connectivity index (χ3v) is 2.73. The van der Waals surface area contributed by atoms with Gasteiger partial charge in [0.2, 0.25) is 6.20 Å². The normalized spacial score (nSPS) is 10.1. The van der Waals surface area contributed by atoms with Crippen molar-refractivity contribution in [2.24, 2.45) is 0 Å². The van der Waals surface area contributed by atoms with E-state index in [1.165, 1.54) is 32.1 Å². The van der Waals surface area contributed by atoms with Gasteiger partial charge in [0.05, 0.1) is 6.61 Å². The minimum Gasteiger partial charge on any atom is -1.00 e. The number of hydrogen-bond acceptors (Lipinski definition) is 2. The van der Waals surface area contributed by atoms with Crippen molar-refractivity contribution in [3.05, 3.63) is 24.5 Å². The number of aromatic nitrogens is 1. The van der Waals surface area contributed by atoms with Crippen LogP contribution in [0.25, 0.3) is 0 Å². The number of aromatic hydroxyl groups is 1. The maximum absolute atomic E-state index is 9.26. The summed E-state index contributed by atoms with van der Waals surface area (Å²) in [4.78, 5) is 0. The van der Waals surface area contributed by atoms with Crippen molar-refractivity contribution in [1.82, 2.24) is 0 Å². The molecule has 0 saturated heterocycles. The molecule has 0 bridgehead atoms. The summed E-state index contributed by atoms with van der Waals surface area (Å²) in [5, 5.41) is 9.26. The van der Waals surface area contributed by atoms with Crippen LogP contribution in [0.3, 0.4) is 0 Å². The molecule has 0 aliphatic heterocycles. The SMILES string of the molecule is CCCCCCCCOC[n+]1cccc(O)c1.[Cl-]. The van der Waals surface area contributed by atoms with Crippen LogP contribution in [0.2, 0.25) is 0 Å². The Morgan fingerprint density at radius 3 is 2.61 bits per heavy atom. The largest absolute Gasteiger partial charge is 1.00 e. The summed E-state index contributed by atoms with van der Waals surface area (Å²) in [5.74, 6) is 0.274. The molecule has 0 atom stereocenters. The second kappa shape index (κ2) is 11.3. The predicted molar refractivity (Wildman–Crippen MR) is 67.6 cm³/mol. The van der Waals surface area contributed by atoms with Crippen molar-refractivity contribution < 1.29 is 26.8 Å². The van der Waals surface area contributed by atoms with E-state index in [1.54, 1.807) is 12.3 Å². The molecule has 0 aromatic carbocycles. The fourth-order valence-corrected chi connectivity index (χ4v) is 1.74. The first kappa shape index (κ1) is 17.2. The van der Waals surface area contributed by atoms with E-state index in [-0.39, 0.29) is 18.2 Å². The van der Waals surface area contributed by atoms with Crippen molar-refractivity contribution in [1.29, 1.82) is 0 Å². The van der Waals surface area contributed by atoms with Crippen molar-refractivity contribution in [3.63, 3.8) is 0 Å². The van der Waals surface area contributed by atoms with Gasteiger partial charge in [-0.25, -0.2) is 0 Å². The third kappa shape index (κ3) is 8.31. The number of unbranched alkanes of at least 4 members (excludes halogenated alkanes) is 5. The molecule has 1 aromatic rings. The van der Waals surface area contributed by atoms with Crippen LogP contribution in [-0.4, -0.2) is 11.7 Å². The fourth-order valence-electron chi connectivity index (χ4n) is 1.74. The molecule has 0 aliphatic carbocycles. The molecule has 3 nitrogen and oxygen atoms in total. The van der Waals surface area contributed by atoms with Crippen LogP contribution < -0.4 is 17.0 Å². The van der Waals surface area contributed by atoms with Crippen LogP contribution >= 0.6 is 0 Å². The van der Waals surface area contributed by atoms with Gasteiger partial charge < -0.3 is 22.3 Å². The molecule has 104 valence electrons. The summed E-state index contributed by atoms with van der Waals surface area (Å²) < 4.78 is 7.37. The Bertz CT molecular complexity index is 308. The zero-order valence-corrected chi connectivity index (χ0v) is 11.9. The number of ether oxygens (including phenoxy) is 1. The summed E-state index contributed by atoms with van der Waals surface area (Å²) >= 11 is 0. The standard InChI is InChI=1S/C14H23NO2.ClH/c1-2-3-4-5-6-7-11-17-13-15-10-8-9-14(16)12-15;/h8-10,12H,2-7,11,13H2,1H3;1H. The maximum Gasteiger partial charge on any atom is 0.252 e. The van der Waals surface area contributed by atoms with Crippen LogP contribution in [0.1, 0.15) is 45.4 Å². The zero-order chi connectivity index (χ0) is 12.3. The minimum atomic E-state index is 0. The van der Waals surface area contributed by atoms with E-state index >= 15 is 0 Å². The highest BCUT2D eigenvalue weighted by atomic mass is 35.5. The van der Waals surface area contributed by atoms with E-state index in [0.717, 1.165) is 13.0 Å². The smallest absolute Gasteiger partial charge is 0.252 e. The molecule has 1 N–H and O–H groups in total. The molecule has 0 aliphatic rings. The van der Waals surface area contributed by atoms with Crippen LogP contribution in [0.5, 0.6) is 5.75 Å². The number of rotatable bonds is 9. The van der Waals surface area contributed by atoms with E-state index in [1.807, 2.05) is 16.8 Å². The van der Waals surface area contributed by atoms with E-state index in [0.29, 0.717) is 6.73 Å². The molecule has 0 fully saturated rings. The van der Waals surface area contributed by atoms with Crippen LogP contribution in [0.4, 0.5) is 0 Å². The van der Waals surface area contributed by atoms with Gasteiger partial charge in [0, 0.05) is 6.07 Å².